The molecular formula is C42H32N2S2. The van der Waals surface area contributed by atoms with Crippen molar-refractivity contribution in [2.75, 3.05) is 9.80 Å². The van der Waals surface area contributed by atoms with Crippen molar-refractivity contribution in [1.29, 1.82) is 0 Å². The lowest BCUT2D eigenvalue weighted by Gasteiger charge is -2.35. The van der Waals surface area contributed by atoms with Gasteiger partial charge in [0.05, 0.1) is 6.04 Å². The molecule has 0 amide bonds. The molecule has 4 heteroatoms. The Morgan fingerprint density at radius 3 is 1.93 bits per heavy atom. The Hall–Kier alpha value is -4.90. The quantitative estimate of drug-likeness (QED) is 0.181. The second-order valence-electron chi connectivity index (χ2n) is 12.0. The van der Waals surface area contributed by atoms with Gasteiger partial charge in [0.1, 0.15) is 0 Å². The van der Waals surface area contributed by atoms with Gasteiger partial charge in [-0.05, 0) is 98.1 Å². The number of benzene rings is 5. The van der Waals surface area contributed by atoms with Gasteiger partial charge in [-0.15, -0.1) is 22.7 Å². The summed E-state index contributed by atoms with van der Waals surface area (Å²) in [6, 6.07) is 44.8. The molecule has 0 bridgehead atoms. The van der Waals surface area contributed by atoms with E-state index in [1.54, 1.807) is 0 Å². The fourth-order valence-corrected chi connectivity index (χ4v) is 9.44. The first-order valence-corrected chi connectivity index (χ1v) is 17.6. The van der Waals surface area contributed by atoms with Crippen LogP contribution in [0, 0.1) is 0 Å². The molecule has 2 nitrogen and oxygen atoms in total. The zero-order valence-electron chi connectivity index (χ0n) is 25.3. The second kappa shape index (κ2) is 11.5. The standard InChI is InChI=1S/C42H32N2S2/c1-4-13-29(14-5-1)43(32-23-25-39-35(27-32)34-19-10-11-21-38(34)45-39)33-24-26-40-36(28-33)42-37(20-12-22-41(42)46-40)44(30-15-6-2-7-16-30)31-17-8-3-9-18-31/h1-4,6-13,15-19,21-28,37H,5,14,20H2. The highest BCUT2D eigenvalue weighted by molar-refractivity contribution is 7.25. The molecule has 2 heterocycles. The number of rotatable bonds is 6. The monoisotopic (exact) mass is 628 g/mol. The van der Waals surface area contributed by atoms with Crippen molar-refractivity contribution in [2.45, 2.75) is 25.3 Å². The number of nitrogens with zero attached hydrogens (tertiary/aromatic N) is 2. The van der Waals surface area contributed by atoms with Crippen LogP contribution in [0.4, 0.5) is 22.7 Å². The molecule has 0 spiro atoms. The van der Waals surface area contributed by atoms with Crippen molar-refractivity contribution < 1.29 is 0 Å². The van der Waals surface area contributed by atoms with Gasteiger partial charge >= 0.3 is 0 Å². The van der Waals surface area contributed by atoms with Gasteiger partial charge in [-0.1, -0.05) is 72.8 Å². The molecule has 0 radical (unpaired) electrons. The third-order valence-corrected chi connectivity index (χ3v) is 11.5. The molecule has 0 saturated carbocycles. The Labute approximate surface area is 277 Å². The van der Waals surface area contributed by atoms with E-state index < -0.39 is 0 Å². The van der Waals surface area contributed by atoms with Crippen LogP contribution in [-0.2, 0) is 0 Å². The molecule has 0 N–H and O–H groups in total. The van der Waals surface area contributed by atoms with Crippen LogP contribution in [0.5, 0.6) is 0 Å². The molecule has 1 atom stereocenters. The van der Waals surface area contributed by atoms with Crippen molar-refractivity contribution in [3.63, 3.8) is 0 Å². The lowest BCUT2D eigenvalue weighted by Crippen LogP contribution is -2.25. The molecule has 2 aromatic heterocycles. The summed E-state index contributed by atoms with van der Waals surface area (Å²) in [5.41, 5.74) is 7.62. The molecule has 7 aromatic rings. The normalized spacial score (nSPS) is 15.7. The van der Waals surface area contributed by atoms with Gasteiger partial charge in [-0.3, -0.25) is 0 Å². The summed E-state index contributed by atoms with van der Waals surface area (Å²) < 4.78 is 4.01. The minimum absolute atomic E-state index is 0.188. The number of hydrogen-bond donors (Lipinski definition) is 0. The molecule has 222 valence electrons. The predicted molar refractivity (Wildman–Crippen MR) is 201 cm³/mol. The number of allylic oxidation sites excluding steroid dienone is 4. The molecule has 46 heavy (non-hydrogen) atoms. The van der Waals surface area contributed by atoms with Gasteiger partial charge in [-0.2, -0.15) is 0 Å². The average molecular weight is 629 g/mol. The van der Waals surface area contributed by atoms with E-state index in [4.69, 9.17) is 0 Å². The van der Waals surface area contributed by atoms with Crippen LogP contribution in [0.25, 0.3) is 36.3 Å². The third kappa shape index (κ3) is 4.68. The van der Waals surface area contributed by atoms with E-state index in [1.165, 1.54) is 69.1 Å². The molecule has 0 fully saturated rings. The third-order valence-electron chi connectivity index (χ3n) is 9.24. The maximum atomic E-state index is 2.53. The summed E-state index contributed by atoms with van der Waals surface area (Å²) in [7, 11) is 0. The molecule has 2 aliphatic carbocycles. The highest BCUT2D eigenvalue weighted by atomic mass is 32.1. The smallest absolute Gasteiger partial charge is 0.0646 e. The minimum atomic E-state index is 0.188. The van der Waals surface area contributed by atoms with Crippen molar-refractivity contribution >= 4 is 81.8 Å². The SMILES string of the molecule is C1=CCCC(N(c2ccc3sc4c(c3c2)C(N(c2ccccc2)c2ccccc2)CC=C4)c2ccc3sc4ccccc4c3c2)=C1. The lowest BCUT2D eigenvalue weighted by atomic mass is 9.93. The predicted octanol–water partition coefficient (Wildman–Crippen LogP) is 12.9. The number of para-hydroxylation sites is 2. The van der Waals surface area contributed by atoms with Gasteiger partial charge in [0.2, 0.25) is 0 Å². The van der Waals surface area contributed by atoms with Crippen molar-refractivity contribution in [3.05, 3.63) is 162 Å². The van der Waals surface area contributed by atoms with Crippen molar-refractivity contribution in [1.82, 2.24) is 0 Å². The Morgan fingerprint density at radius 2 is 1.22 bits per heavy atom. The van der Waals surface area contributed by atoms with Crippen LogP contribution in [-0.4, -0.2) is 0 Å². The summed E-state index contributed by atoms with van der Waals surface area (Å²) in [5, 5.41) is 4.01. The Morgan fingerprint density at radius 1 is 0.565 bits per heavy atom. The Balaban J connectivity index is 1.22. The number of fused-ring (bicyclic) bond motifs is 6. The molecule has 9 rings (SSSR count). The zero-order chi connectivity index (χ0) is 30.5. The van der Waals surface area contributed by atoms with Gasteiger partial charge in [0, 0.05) is 69.1 Å². The van der Waals surface area contributed by atoms with Crippen LogP contribution in [0.2, 0.25) is 0 Å². The fraction of sp³-hybridized carbons (Fsp3) is 0.0952. The maximum Gasteiger partial charge on any atom is 0.0646 e. The van der Waals surface area contributed by atoms with E-state index in [0.717, 1.165) is 19.3 Å². The fourth-order valence-electron chi connectivity index (χ4n) is 7.18. The van der Waals surface area contributed by atoms with E-state index in [2.05, 4.69) is 162 Å². The Bertz CT molecular complexity index is 2270. The van der Waals surface area contributed by atoms with Crippen molar-refractivity contribution in [3.8, 4) is 0 Å². The van der Waals surface area contributed by atoms with Crippen LogP contribution in [0.3, 0.4) is 0 Å². The van der Waals surface area contributed by atoms with E-state index >= 15 is 0 Å². The van der Waals surface area contributed by atoms with Crippen LogP contribution < -0.4 is 9.80 Å². The summed E-state index contributed by atoms with van der Waals surface area (Å²) in [4.78, 5) is 6.39. The number of thiophene rings is 2. The molecule has 5 aromatic carbocycles. The number of hydrogen-bond acceptors (Lipinski definition) is 4. The molecule has 0 aliphatic heterocycles. The first kappa shape index (κ1) is 27.4. The van der Waals surface area contributed by atoms with Crippen LogP contribution >= 0.6 is 22.7 Å². The zero-order valence-corrected chi connectivity index (χ0v) is 27.0. The molecule has 0 saturated heterocycles. The molecule has 2 aliphatic rings. The summed E-state index contributed by atoms with van der Waals surface area (Å²) in [6.45, 7) is 0. The first-order chi connectivity index (χ1) is 22.8. The second-order valence-corrected chi connectivity index (χ2v) is 14.2. The van der Waals surface area contributed by atoms with E-state index in [1.807, 2.05) is 22.7 Å². The van der Waals surface area contributed by atoms with Crippen molar-refractivity contribution in [2.24, 2.45) is 0 Å². The minimum Gasteiger partial charge on any atom is -0.334 e. The lowest BCUT2D eigenvalue weighted by molar-refractivity contribution is 0.711. The summed E-state index contributed by atoms with van der Waals surface area (Å²) >= 11 is 3.79. The van der Waals surface area contributed by atoms with Gasteiger partial charge in [0.15, 0.2) is 0 Å². The van der Waals surface area contributed by atoms with E-state index in [9.17, 15) is 0 Å². The van der Waals surface area contributed by atoms with E-state index in [0.29, 0.717) is 0 Å². The molecule has 1 unspecified atom stereocenters. The topological polar surface area (TPSA) is 6.48 Å². The van der Waals surface area contributed by atoms with Gasteiger partial charge in [0.25, 0.3) is 0 Å². The van der Waals surface area contributed by atoms with Gasteiger partial charge < -0.3 is 9.80 Å². The highest BCUT2D eigenvalue weighted by Crippen LogP contribution is 2.48. The Kier molecular flexibility index (Phi) is 6.84. The van der Waals surface area contributed by atoms with Crippen LogP contribution in [0.1, 0.15) is 35.7 Å². The largest absolute Gasteiger partial charge is 0.334 e. The van der Waals surface area contributed by atoms with E-state index in [-0.39, 0.29) is 6.04 Å². The highest BCUT2D eigenvalue weighted by Gasteiger charge is 2.30. The molecular weight excluding hydrogens is 597 g/mol. The first-order valence-electron chi connectivity index (χ1n) is 16.0. The van der Waals surface area contributed by atoms with Crippen LogP contribution in [0.15, 0.2) is 151 Å². The summed E-state index contributed by atoms with van der Waals surface area (Å²) in [6.07, 6.45) is 14.5. The van der Waals surface area contributed by atoms with Gasteiger partial charge in [-0.25, -0.2) is 0 Å². The average Bonchev–Trinajstić information content (AvgIpc) is 3.68. The number of anilines is 4. The maximum absolute atomic E-state index is 2.53. The summed E-state index contributed by atoms with van der Waals surface area (Å²) in [5.74, 6) is 0.